The van der Waals surface area contributed by atoms with Crippen molar-refractivity contribution >= 4 is 25.7 Å². The topological polar surface area (TPSA) is 210 Å². The van der Waals surface area contributed by atoms with Gasteiger partial charge in [-0.25, -0.2) is 4.79 Å². The zero-order valence-electron chi connectivity index (χ0n) is 22.1. The number of phenolic OH excluding ortho intramolecular Hbond substituents is 1. The molecule has 0 saturated carbocycles. The molecule has 0 spiro atoms. The van der Waals surface area contributed by atoms with E-state index in [2.05, 4.69) is 10.6 Å². The fourth-order valence-corrected chi connectivity index (χ4v) is 4.76. The van der Waals surface area contributed by atoms with Crippen LogP contribution < -0.4 is 16.4 Å². The zero-order valence-corrected chi connectivity index (χ0v) is 23.0. The van der Waals surface area contributed by atoms with E-state index >= 15 is 0 Å². The van der Waals surface area contributed by atoms with E-state index in [0.717, 1.165) is 5.56 Å². The summed E-state index contributed by atoms with van der Waals surface area (Å²) in [6, 6.07) is 4.26. The average Bonchev–Trinajstić information content (AvgIpc) is 2.88. The molecule has 2 rings (SSSR count). The number of aliphatic hydroxyl groups excluding tert-OH is 2. The van der Waals surface area contributed by atoms with E-state index in [1.54, 1.807) is 38.1 Å². The summed E-state index contributed by atoms with van der Waals surface area (Å²) in [5.41, 5.74) is 7.03. The molecule has 1 heterocycles. The number of nitrogens with two attached hydrogens (primary N) is 1. The maximum Gasteiger partial charge on any atom is 0.407 e. The van der Waals surface area contributed by atoms with E-state index < -0.39 is 56.1 Å². The smallest absolute Gasteiger partial charge is 0.407 e. The number of carbonyl (C=O) groups excluding carboxylic acids is 2. The predicted molar refractivity (Wildman–Crippen MR) is 142 cm³/mol. The number of aliphatic hydroxyl groups is 2. The van der Waals surface area contributed by atoms with Gasteiger partial charge in [0.05, 0.1) is 13.2 Å². The number of hydrogen-bond donors (Lipinski definition) is 7. The Balaban J connectivity index is 1.87. The summed E-state index contributed by atoms with van der Waals surface area (Å²) in [7, 11) is -4.33. The van der Waals surface area contributed by atoms with Crippen molar-refractivity contribution in [3.05, 3.63) is 47.0 Å². The third-order valence-electron chi connectivity index (χ3n) is 6.02. The van der Waals surface area contributed by atoms with Crippen LogP contribution >= 0.6 is 7.60 Å². The molecule has 2 unspecified atom stereocenters. The Morgan fingerprint density at radius 3 is 2.62 bits per heavy atom. The minimum atomic E-state index is -4.33. The monoisotopic (exact) mass is 571 g/mol. The van der Waals surface area contributed by atoms with Gasteiger partial charge >= 0.3 is 13.7 Å². The van der Waals surface area contributed by atoms with Gasteiger partial charge in [-0.2, -0.15) is 0 Å². The molecule has 8 N–H and O–H groups in total. The first-order valence-electron chi connectivity index (χ1n) is 12.5. The largest absolute Gasteiger partial charge is 0.508 e. The van der Waals surface area contributed by atoms with E-state index in [1.165, 1.54) is 19.1 Å². The zero-order chi connectivity index (χ0) is 29.2. The molecule has 39 heavy (non-hydrogen) atoms. The number of phenols is 1. The third-order valence-corrected chi connectivity index (χ3v) is 7.44. The number of benzene rings is 1. The van der Waals surface area contributed by atoms with E-state index in [9.17, 15) is 34.4 Å². The van der Waals surface area contributed by atoms with Crippen molar-refractivity contribution in [2.24, 2.45) is 11.7 Å². The maximum absolute atomic E-state index is 12.4. The van der Waals surface area contributed by atoms with E-state index in [0.29, 0.717) is 12.0 Å². The van der Waals surface area contributed by atoms with Gasteiger partial charge in [0.15, 0.2) is 6.10 Å². The van der Waals surface area contributed by atoms with Crippen LogP contribution in [0.5, 0.6) is 5.75 Å². The molecule has 6 atom stereocenters. The molecule has 0 bridgehead atoms. The molecule has 0 saturated heterocycles. The molecule has 1 aromatic carbocycles. The minimum Gasteiger partial charge on any atom is -0.508 e. The molecule has 0 aliphatic carbocycles. The first-order valence-corrected chi connectivity index (χ1v) is 14.1. The van der Waals surface area contributed by atoms with Crippen molar-refractivity contribution < 1.29 is 48.4 Å². The highest BCUT2D eigenvalue weighted by Crippen LogP contribution is 2.53. The summed E-state index contributed by atoms with van der Waals surface area (Å²) >= 11 is 0. The van der Waals surface area contributed by atoms with Crippen molar-refractivity contribution in [3.63, 3.8) is 0 Å². The van der Waals surface area contributed by atoms with Gasteiger partial charge in [0.2, 0.25) is 11.4 Å². The Labute approximate surface area is 227 Å². The number of aromatic hydroxyl groups is 1. The molecular weight excluding hydrogens is 533 g/mol. The molecule has 1 aliphatic rings. The first-order chi connectivity index (χ1) is 18.4. The Bertz CT molecular complexity index is 1100. The van der Waals surface area contributed by atoms with Crippen LogP contribution in [0.15, 0.2) is 35.9 Å². The second kappa shape index (κ2) is 15.0. The average molecular weight is 572 g/mol. The molecule has 14 heteroatoms. The third kappa shape index (κ3) is 9.64. The van der Waals surface area contributed by atoms with Gasteiger partial charge in [0.25, 0.3) is 0 Å². The molecule has 2 amide bonds. The Hall–Kier alpha value is -2.93. The van der Waals surface area contributed by atoms with Crippen LogP contribution in [-0.4, -0.2) is 82.9 Å². The number of ether oxygens (including phenoxy) is 2. The standard InChI is InChI=1S/C25H38N3O10P/c1-4-36-39(34,35)22-13-18(26)16(3)23(37-22)24(20(31)14-29)38-25(33)28-11-5-10-27-21(32)9-8-17-7-6-15(2)19(30)12-17/h6-9,12-13,16,18,20,23-24,29-31H,4-5,10-11,14,26H2,1-3H3,(H,27,32)(H,28,33)(H,34,35)/b9-8+/t16-,18+,20-,23?,24-/m1/s1. The summed E-state index contributed by atoms with van der Waals surface area (Å²) in [5, 5.41) is 34.7. The summed E-state index contributed by atoms with van der Waals surface area (Å²) in [4.78, 5) is 34.6. The second-order valence-corrected chi connectivity index (χ2v) is 10.8. The Kier molecular flexibility index (Phi) is 12.4. The lowest BCUT2D eigenvalue weighted by molar-refractivity contribution is -0.116. The van der Waals surface area contributed by atoms with Gasteiger partial charge in [-0.15, -0.1) is 0 Å². The van der Waals surface area contributed by atoms with Gasteiger partial charge in [-0.1, -0.05) is 19.1 Å². The van der Waals surface area contributed by atoms with Crippen molar-refractivity contribution in [1.29, 1.82) is 0 Å². The van der Waals surface area contributed by atoms with Crippen LogP contribution in [0.25, 0.3) is 6.08 Å². The highest BCUT2D eigenvalue weighted by molar-refractivity contribution is 7.57. The summed E-state index contributed by atoms with van der Waals surface area (Å²) in [6.45, 7) is 4.43. The highest BCUT2D eigenvalue weighted by atomic mass is 31.2. The van der Waals surface area contributed by atoms with E-state index in [1.807, 2.05) is 0 Å². The molecular formula is C25H38N3O10P. The van der Waals surface area contributed by atoms with Gasteiger partial charge in [0.1, 0.15) is 18.0 Å². The predicted octanol–water partition coefficient (Wildman–Crippen LogP) is 1.09. The Morgan fingerprint density at radius 2 is 1.97 bits per heavy atom. The fraction of sp³-hybridized carbons (Fsp3) is 0.520. The number of alkyl carbamates (subject to hydrolysis) is 1. The van der Waals surface area contributed by atoms with Gasteiger partial charge < -0.3 is 50.6 Å². The number of carbonyl (C=O) groups is 2. The fourth-order valence-electron chi connectivity index (χ4n) is 3.67. The van der Waals surface area contributed by atoms with E-state index in [4.69, 9.17) is 19.7 Å². The summed E-state index contributed by atoms with van der Waals surface area (Å²) < 4.78 is 28.2. The summed E-state index contributed by atoms with van der Waals surface area (Å²) in [6.07, 6.45) is -0.610. The van der Waals surface area contributed by atoms with Crippen molar-refractivity contribution in [1.82, 2.24) is 10.6 Å². The lowest BCUT2D eigenvalue weighted by Gasteiger charge is -2.39. The quantitative estimate of drug-likeness (QED) is 0.101. The number of nitrogens with one attached hydrogen (secondary N) is 2. The molecule has 1 aliphatic heterocycles. The summed E-state index contributed by atoms with van der Waals surface area (Å²) in [5.74, 6) is -0.797. The lowest BCUT2D eigenvalue weighted by atomic mass is 9.89. The van der Waals surface area contributed by atoms with Crippen LogP contribution in [0.4, 0.5) is 4.79 Å². The van der Waals surface area contributed by atoms with Gasteiger partial charge in [0, 0.05) is 31.1 Å². The molecule has 13 nitrogen and oxygen atoms in total. The van der Waals surface area contributed by atoms with Crippen LogP contribution in [-0.2, 0) is 23.4 Å². The lowest BCUT2D eigenvalue weighted by Crippen LogP contribution is -2.53. The van der Waals surface area contributed by atoms with Gasteiger partial charge in [-0.3, -0.25) is 9.36 Å². The Morgan fingerprint density at radius 1 is 1.28 bits per heavy atom. The first kappa shape index (κ1) is 32.3. The van der Waals surface area contributed by atoms with Gasteiger partial charge in [-0.05, 0) is 49.6 Å². The number of amides is 2. The van der Waals surface area contributed by atoms with Crippen LogP contribution in [0, 0.1) is 12.8 Å². The molecule has 1 aromatic rings. The van der Waals surface area contributed by atoms with Crippen LogP contribution in [0.1, 0.15) is 31.4 Å². The molecule has 0 radical (unpaired) electrons. The molecule has 218 valence electrons. The number of hydrogen-bond acceptors (Lipinski definition) is 10. The molecule has 0 aromatic heterocycles. The van der Waals surface area contributed by atoms with Crippen molar-refractivity contribution in [2.45, 2.75) is 51.5 Å². The maximum atomic E-state index is 12.4. The molecule has 0 fully saturated rings. The van der Waals surface area contributed by atoms with Crippen LogP contribution in [0.2, 0.25) is 0 Å². The second-order valence-electron chi connectivity index (χ2n) is 9.03. The van der Waals surface area contributed by atoms with E-state index in [-0.39, 0.29) is 31.4 Å². The minimum absolute atomic E-state index is 0.0699. The van der Waals surface area contributed by atoms with Crippen molar-refractivity contribution in [2.75, 3.05) is 26.3 Å². The van der Waals surface area contributed by atoms with Crippen LogP contribution in [0.3, 0.4) is 0 Å². The van der Waals surface area contributed by atoms with Crippen molar-refractivity contribution in [3.8, 4) is 5.75 Å². The normalized spacial score (nSPS) is 22.2. The highest BCUT2D eigenvalue weighted by Gasteiger charge is 2.45. The number of rotatable bonds is 13. The number of aryl methyl sites for hydroxylation is 1. The SMILES string of the molecule is CCOP(=O)(O)C1=C[C@H](N)[C@@H](C)C([C@H](OC(=O)NCCCNC(=O)/C=C/c2ccc(C)c(O)c2)[C@H](O)CO)O1.